The van der Waals surface area contributed by atoms with Crippen molar-refractivity contribution >= 4 is 15.2 Å². The summed E-state index contributed by atoms with van der Waals surface area (Å²) in [5, 5.41) is 5.36. The van der Waals surface area contributed by atoms with Gasteiger partial charge in [-0.25, -0.2) is 0 Å². The van der Waals surface area contributed by atoms with Gasteiger partial charge in [0.1, 0.15) is 0 Å². The van der Waals surface area contributed by atoms with Gasteiger partial charge in [-0.3, -0.25) is 0 Å². The molecule has 0 aromatic carbocycles. The molecule has 0 aromatic rings. The number of hydrogen-bond donors (Lipinski definition) is 4. The Kier molecular flexibility index (Phi) is 26.3. The smallest absolute Gasteiger partial charge is 0.776 e. The molecule has 0 spiro atoms. The summed E-state index contributed by atoms with van der Waals surface area (Å²) in [7, 11) is -11.3. The van der Waals surface area contributed by atoms with Crippen LogP contribution in [0.15, 0.2) is 0 Å². The van der Waals surface area contributed by atoms with E-state index in [1.165, 1.54) is 0 Å². The summed E-state index contributed by atoms with van der Waals surface area (Å²) in [4.78, 5) is 37.6. The van der Waals surface area contributed by atoms with Crippen molar-refractivity contribution in [3.05, 3.63) is 0 Å². The standard InChI is InChI=1S/C3H11NO7P2.2Na.3H2O/c4-2-1-3(5,12(6,7)8)13(9,10)11;;;;;/h5H,1-2,4H2,(H2,6,7,8)(H2,9,10,11);;;3*1H2/q;2*+1;;;/p-2. The van der Waals surface area contributed by atoms with Gasteiger partial charge in [-0.15, -0.1) is 0 Å². The summed E-state index contributed by atoms with van der Waals surface area (Å²) in [6.45, 7) is -0.532. The largest absolute Gasteiger partial charge is 1.00 e. The van der Waals surface area contributed by atoms with Crippen LogP contribution >= 0.6 is 15.2 Å². The Morgan fingerprint density at radius 2 is 1.22 bits per heavy atom. The van der Waals surface area contributed by atoms with Crippen molar-refractivity contribution in [2.45, 2.75) is 11.5 Å². The molecule has 0 heterocycles. The molecule has 0 amide bonds. The first-order chi connectivity index (χ1) is 5.56. The summed E-state index contributed by atoms with van der Waals surface area (Å²) in [6.07, 6.45) is -0.998. The molecule has 2 unspecified atom stereocenters. The molecule has 0 radical (unpaired) electrons. The Morgan fingerprint density at radius 1 is 1.00 bits per heavy atom. The van der Waals surface area contributed by atoms with E-state index in [2.05, 4.69) is 0 Å². The predicted molar refractivity (Wildman–Crippen MR) is 49.1 cm³/mol. The Morgan fingerprint density at radius 3 is 1.28 bits per heavy atom. The van der Waals surface area contributed by atoms with Gasteiger partial charge in [0.25, 0.3) is 0 Å². The summed E-state index contributed by atoms with van der Waals surface area (Å²) >= 11 is 0. The number of rotatable bonds is 4. The maximum atomic E-state index is 10.4. The Hall–Kier alpha value is 2.10. The van der Waals surface area contributed by atoms with E-state index in [0.717, 1.165) is 0 Å². The Bertz CT molecular complexity index is 254. The van der Waals surface area contributed by atoms with Gasteiger partial charge in [0.15, 0.2) is 20.3 Å². The third-order valence-electron chi connectivity index (χ3n) is 1.38. The fraction of sp³-hybridized carbons (Fsp3) is 1.00. The molecule has 0 aliphatic heterocycles. The van der Waals surface area contributed by atoms with Crippen molar-refractivity contribution in [2.75, 3.05) is 6.54 Å². The zero-order chi connectivity index (χ0) is 10.9. The van der Waals surface area contributed by atoms with E-state index in [1.54, 1.807) is 0 Å². The summed E-state index contributed by atoms with van der Waals surface area (Å²) in [5.74, 6) is 0. The van der Waals surface area contributed by atoms with Gasteiger partial charge in [-0.2, -0.15) is 0 Å². The molecule has 0 saturated heterocycles. The van der Waals surface area contributed by atoms with Gasteiger partial charge in [0.2, 0.25) is 0 Å². The van der Waals surface area contributed by atoms with E-state index >= 15 is 0 Å². The monoisotopic (exact) mass is 333 g/mol. The summed E-state index contributed by atoms with van der Waals surface area (Å²) < 4.78 is 20.9. The second kappa shape index (κ2) is 12.8. The van der Waals surface area contributed by atoms with Gasteiger partial charge in [-0.05, 0) is 6.54 Å². The first kappa shape index (κ1) is 36.9. The maximum Gasteiger partial charge on any atom is 1.00 e. The van der Waals surface area contributed by atoms with Gasteiger partial charge in [-0.1, -0.05) is 0 Å². The fourth-order valence-corrected chi connectivity index (χ4v) is 2.74. The number of nitrogens with two attached hydrogens (primary N) is 1. The second-order valence-corrected chi connectivity index (χ2v) is 6.27. The van der Waals surface area contributed by atoms with Crippen molar-refractivity contribution in [3.63, 3.8) is 0 Å². The minimum Gasteiger partial charge on any atom is -0.776 e. The van der Waals surface area contributed by atoms with Crippen LogP contribution in [-0.4, -0.2) is 42.9 Å². The zero-order valence-corrected chi connectivity index (χ0v) is 15.6. The first-order valence-electron chi connectivity index (χ1n) is 3.06. The van der Waals surface area contributed by atoms with E-state index < -0.39 is 33.2 Å². The normalized spacial score (nSPS) is 18.6. The van der Waals surface area contributed by atoms with Crippen molar-refractivity contribution in [2.24, 2.45) is 5.73 Å². The van der Waals surface area contributed by atoms with Crippen molar-refractivity contribution < 1.29 is 109 Å². The van der Waals surface area contributed by atoms with Crippen LogP contribution in [0.2, 0.25) is 0 Å². The summed E-state index contributed by atoms with van der Waals surface area (Å²) in [6, 6.07) is 0. The minimum absolute atomic E-state index is 0. The molecule has 0 aliphatic carbocycles. The molecule has 0 saturated carbocycles. The van der Waals surface area contributed by atoms with Crippen molar-refractivity contribution in [1.29, 1.82) is 0 Å². The second-order valence-electron chi connectivity index (χ2n) is 2.35. The third-order valence-corrected chi connectivity index (χ3v) is 5.16. The summed E-state index contributed by atoms with van der Waals surface area (Å²) in [5.41, 5.74) is 4.81. The van der Waals surface area contributed by atoms with E-state index in [0.29, 0.717) is 0 Å². The van der Waals surface area contributed by atoms with Crippen LogP contribution in [-0.2, 0) is 9.13 Å². The molecule has 0 fully saturated rings. The van der Waals surface area contributed by atoms with E-state index in [1.807, 2.05) is 0 Å². The molecule has 2 atom stereocenters. The molecule has 104 valence electrons. The third kappa shape index (κ3) is 9.11. The predicted octanol–water partition coefficient (Wildman–Crippen LogP) is -11.4. The molecule has 0 aliphatic rings. The molecule has 11 N–H and O–H groups in total. The van der Waals surface area contributed by atoms with Crippen LogP contribution in [0, 0.1) is 0 Å². The molecule has 0 rings (SSSR count). The van der Waals surface area contributed by atoms with Crippen LogP contribution in [0.4, 0.5) is 0 Å². The first-order valence-corrected chi connectivity index (χ1v) is 6.22. The molecule has 18 heavy (non-hydrogen) atoms. The average Bonchev–Trinajstić information content (AvgIpc) is 1.82. The molecular formula is C3H15NNa2O10P2. The van der Waals surface area contributed by atoms with Crippen LogP contribution in [0.1, 0.15) is 6.42 Å². The van der Waals surface area contributed by atoms with Crippen molar-refractivity contribution in [3.8, 4) is 0 Å². The molecule has 0 bridgehead atoms. The topological polar surface area (TPSA) is 261 Å². The Labute approximate surface area is 147 Å². The van der Waals surface area contributed by atoms with Gasteiger partial charge < -0.3 is 56.0 Å². The average molecular weight is 333 g/mol. The van der Waals surface area contributed by atoms with Gasteiger partial charge in [0.05, 0.1) is 0 Å². The Balaban J connectivity index is -0.0000000720. The van der Waals surface area contributed by atoms with Crippen LogP contribution < -0.4 is 74.6 Å². The molecule has 15 heteroatoms. The van der Waals surface area contributed by atoms with E-state index in [4.69, 9.17) is 20.6 Å². The number of hydrogen-bond acceptors (Lipinski definition) is 6. The van der Waals surface area contributed by atoms with E-state index in [9.17, 15) is 18.9 Å². The van der Waals surface area contributed by atoms with Crippen molar-refractivity contribution in [1.82, 2.24) is 0 Å². The maximum absolute atomic E-state index is 10.4. The van der Waals surface area contributed by atoms with E-state index in [-0.39, 0.29) is 75.5 Å². The fourth-order valence-electron chi connectivity index (χ4n) is 0.636. The quantitative estimate of drug-likeness (QED) is 0.282. The number of aliphatic hydroxyl groups is 1. The molecule has 11 nitrogen and oxygen atoms in total. The van der Waals surface area contributed by atoms with Gasteiger partial charge in [0, 0.05) is 6.42 Å². The molecule has 0 aromatic heterocycles. The van der Waals surface area contributed by atoms with Gasteiger partial charge >= 0.3 is 59.1 Å². The van der Waals surface area contributed by atoms with Crippen LogP contribution in [0.25, 0.3) is 0 Å². The van der Waals surface area contributed by atoms with Crippen LogP contribution in [0.3, 0.4) is 0 Å². The SMILES string of the molecule is NCCC(O)(P(=O)([O-])O)P(=O)([O-])O.O.O.O.[Na+].[Na+]. The molecular weight excluding hydrogens is 318 g/mol. The minimum atomic E-state index is -5.63. The zero-order valence-electron chi connectivity index (χ0n) is 9.86. The van der Waals surface area contributed by atoms with Crippen LogP contribution in [0.5, 0.6) is 0 Å².